The zero-order valence-corrected chi connectivity index (χ0v) is 8.40. The second-order valence-corrected chi connectivity index (χ2v) is 3.83. The third-order valence-corrected chi connectivity index (χ3v) is 2.20. The summed E-state index contributed by atoms with van der Waals surface area (Å²) in [5, 5.41) is 8.69. The van der Waals surface area contributed by atoms with Crippen LogP contribution in [0.15, 0.2) is 0 Å². The van der Waals surface area contributed by atoms with E-state index < -0.39 is 18.0 Å². The van der Waals surface area contributed by atoms with Crippen LogP contribution < -0.4 is 0 Å². The van der Waals surface area contributed by atoms with Gasteiger partial charge in [0.25, 0.3) is 0 Å². The molecule has 1 amide bonds. The van der Waals surface area contributed by atoms with E-state index in [4.69, 9.17) is 9.84 Å². The molecule has 0 aliphatic carbocycles. The van der Waals surface area contributed by atoms with Crippen LogP contribution in [0, 0.1) is 11.8 Å². The van der Waals surface area contributed by atoms with Crippen molar-refractivity contribution in [2.24, 2.45) is 11.8 Å². The number of carbonyl (C=O) groups is 2. The van der Waals surface area contributed by atoms with Crippen molar-refractivity contribution in [3.05, 3.63) is 0 Å². The van der Waals surface area contributed by atoms with E-state index in [1.54, 1.807) is 6.92 Å². The lowest BCUT2D eigenvalue weighted by molar-refractivity contribution is -0.141. The molecule has 1 N–H and O–H groups in total. The Bertz CT molecular complexity index is 241. The molecule has 5 heteroatoms. The van der Waals surface area contributed by atoms with E-state index in [2.05, 4.69) is 0 Å². The van der Waals surface area contributed by atoms with Gasteiger partial charge >= 0.3 is 12.1 Å². The van der Waals surface area contributed by atoms with Crippen LogP contribution in [0.2, 0.25) is 0 Å². The first-order chi connectivity index (χ1) is 6.50. The van der Waals surface area contributed by atoms with Crippen LogP contribution in [-0.2, 0) is 9.53 Å². The number of hydrogen-bond acceptors (Lipinski definition) is 3. The smallest absolute Gasteiger partial charge is 0.409 e. The summed E-state index contributed by atoms with van der Waals surface area (Å²) < 4.78 is 4.88. The molecule has 1 saturated heterocycles. The Labute approximate surface area is 82.6 Å². The molecule has 0 aromatic rings. The number of nitrogens with zero attached hydrogens (tertiary/aromatic N) is 1. The third-order valence-electron chi connectivity index (χ3n) is 2.20. The second-order valence-electron chi connectivity index (χ2n) is 3.83. The summed E-state index contributed by atoms with van der Waals surface area (Å²) in [5.41, 5.74) is 0. The van der Waals surface area contributed by atoms with E-state index in [0.29, 0.717) is 13.2 Å². The van der Waals surface area contributed by atoms with Crippen molar-refractivity contribution < 1.29 is 19.4 Å². The van der Waals surface area contributed by atoms with Crippen LogP contribution in [0.4, 0.5) is 4.79 Å². The van der Waals surface area contributed by atoms with Gasteiger partial charge in [0, 0.05) is 19.0 Å². The Kier molecular flexibility index (Phi) is 3.33. The van der Waals surface area contributed by atoms with Crippen LogP contribution >= 0.6 is 0 Å². The molecule has 1 heterocycles. The highest BCUT2D eigenvalue weighted by molar-refractivity contribution is 5.72. The van der Waals surface area contributed by atoms with Crippen molar-refractivity contribution in [3.8, 4) is 0 Å². The van der Waals surface area contributed by atoms with Crippen molar-refractivity contribution in [2.45, 2.75) is 13.8 Å². The number of hydrogen-bond donors (Lipinski definition) is 1. The van der Waals surface area contributed by atoms with Gasteiger partial charge in [-0.25, -0.2) is 4.79 Å². The van der Waals surface area contributed by atoms with Gasteiger partial charge in [-0.05, 0) is 0 Å². The minimum atomic E-state index is -0.893. The van der Waals surface area contributed by atoms with Gasteiger partial charge in [-0.1, -0.05) is 13.8 Å². The largest absolute Gasteiger partial charge is 0.481 e. The van der Waals surface area contributed by atoms with E-state index in [-0.39, 0.29) is 12.5 Å². The van der Waals surface area contributed by atoms with Crippen LogP contribution in [0.1, 0.15) is 13.8 Å². The first-order valence-electron chi connectivity index (χ1n) is 4.65. The van der Waals surface area contributed by atoms with Gasteiger partial charge in [0.2, 0.25) is 0 Å². The number of carbonyl (C=O) groups excluding carboxylic acids is 1. The van der Waals surface area contributed by atoms with Gasteiger partial charge in [-0.3, -0.25) is 4.79 Å². The molecule has 0 spiro atoms. The monoisotopic (exact) mass is 201 g/mol. The minimum absolute atomic E-state index is 0.221. The maximum Gasteiger partial charge on any atom is 0.409 e. The second kappa shape index (κ2) is 4.30. The van der Waals surface area contributed by atoms with E-state index in [9.17, 15) is 9.59 Å². The first kappa shape index (κ1) is 10.8. The van der Waals surface area contributed by atoms with Gasteiger partial charge in [-0.15, -0.1) is 0 Å². The Morgan fingerprint density at radius 1 is 1.79 bits per heavy atom. The topological polar surface area (TPSA) is 66.8 Å². The number of cyclic esters (lactones) is 1. The lowest BCUT2D eigenvalue weighted by Gasteiger charge is -2.31. The van der Waals surface area contributed by atoms with Crippen LogP contribution in [0.5, 0.6) is 0 Å². The van der Waals surface area contributed by atoms with E-state index in [1.807, 2.05) is 6.92 Å². The number of carboxylic acids is 1. The summed E-state index contributed by atoms with van der Waals surface area (Å²) in [5.74, 6) is -1.17. The molecule has 0 radical (unpaired) electrons. The number of aliphatic carboxylic acids is 1. The fraction of sp³-hybridized carbons (Fsp3) is 0.778. The molecule has 1 rings (SSSR count). The predicted octanol–water partition coefficient (Wildman–Crippen LogP) is 0.795. The summed E-state index contributed by atoms with van der Waals surface area (Å²) in [4.78, 5) is 23.2. The van der Waals surface area contributed by atoms with E-state index >= 15 is 0 Å². The molecule has 1 aliphatic heterocycles. The predicted molar refractivity (Wildman–Crippen MR) is 48.9 cm³/mol. The lowest BCUT2D eigenvalue weighted by atomic mass is 10.1. The normalized spacial score (nSPS) is 24.3. The Morgan fingerprint density at radius 3 is 3.00 bits per heavy atom. The van der Waals surface area contributed by atoms with Gasteiger partial charge in [-0.2, -0.15) is 0 Å². The van der Waals surface area contributed by atoms with Crippen LogP contribution in [0.25, 0.3) is 0 Å². The summed E-state index contributed by atoms with van der Waals surface area (Å²) in [6.45, 7) is 4.77. The van der Waals surface area contributed by atoms with Gasteiger partial charge in [0.1, 0.15) is 0 Å². The van der Waals surface area contributed by atoms with Gasteiger partial charge in [0.05, 0.1) is 12.5 Å². The van der Waals surface area contributed by atoms with Crippen molar-refractivity contribution >= 4 is 12.1 Å². The van der Waals surface area contributed by atoms with Crippen molar-refractivity contribution in [1.82, 2.24) is 4.90 Å². The molecule has 0 aromatic heterocycles. The SMILES string of the molecule is CC1COC(=O)N(CC(C)C(=O)O)C1. The molecular formula is C9H15NO4. The number of carboxylic acid groups (broad SMARTS) is 1. The first-order valence-corrected chi connectivity index (χ1v) is 4.65. The minimum Gasteiger partial charge on any atom is -0.481 e. The quantitative estimate of drug-likeness (QED) is 0.733. The molecule has 0 bridgehead atoms. The summed E-state index contributed by atoms with van der Waals surface area (Å²) in [6.07, 6.45) is -0.406. The standard InChI is InChI=1S/C9H15NO4/c1-6-3-10(9(13)14-5-6)4-7(2)8(11)12/h6-7H,3-5H2,1-2H3,(H,11,12). The molecule has 0 saturated carbocycles. The van der Waals surface area contributed by atoms with E-state index in [0.717, 1.165) is 0 Å². The zero-order valence-electron chi connectivity index (χ0n) is 8.40. The summed E-state index contributed by atoms with van der Waals surface area (Å²) >= 11 is 0. The molecular weight excluding hydrogens is 186 g/mol. The maximum atomic E-state index is 11.2. The number of rotatable bonds is 3. The third kappa shape index (κ3) is 2.61. The van der Waals surface area contributed by atoms with Crippen molar-refractivity contribution in [1.29, 1.82) is 0 Å². The molecule has 0 aromatic carbocycles. The average Bonchev–Trinajstić information content (AvgIpc) is 2.11. The Morgan fingerprint density at radius 2 is 2.43 bits per heavy atom. The molecule has 14 heavy (non-hydrogen) atoms. The molecule has 5 nitrogen and oxygen atoms in total. The highest BCUT2D eigenvalue weighted by Crippen LogP contribution is 2.12. The van der Waals surface area contributed by atoms with Crippen LogP contribution in [-0.4, -0.2) is 41.8 Å². The molecule has 2 atom stereocenters. The highest BCUT2D eigenvalue weighted by Gasteiger charge is 2.27. The Hall–Kier alpha value is -1.26. The molecule has 80 valence electrons. The van der Waals surface area contributed by atoms with Crippen LogP contribution in [0.3, 0.4) is 0 Å². The van der Waals surface area contributed by atoms with Gasteiger partial charge in [0.15, 0.2) is 0 Å². The highest BCUT2D eigenvalue weighted by atomic mass is 16.6. The number of amides is 1. The summed E-state index contributed by atoms with van der Waals surface area (Å²) in [7, 11) is 0. The fourth-order valence-electron chi connectivity index (χ4n) is 1.37. The maximum absolute atomic E-state index is 11.2. The Balaban J connectivity index is 2.49. The molecule has 1 fully saturated rings. The van der Waals surface area contributed by atoms with E-state index in [1.165, 1.54) is 4.90 Å². The molecule has 1 aliphatic rings. The van der Waals surface area contributed by atoms with Crippen molar-refractivity contribution in [2.75, 3.05) is 19.7 Å². The van der Waals surface area contributed by atoms with Gasteiger partial charge < -0.3 is 14.7 Å². The number of ether oxygens (including phenoxy) is 1. The zero-order chi connectivity index (χ0) is 10.7. The fourth-order valence-corrected chi connectivity index (χ4v) is 1.37. The lowest BCUT2D eigenvalue weighted by Crippen LogP contribution is -2.45. The molecule has 2 unspecified atom stereocenters. The summed E-state index contributed by atoms with van der Waals surface area (Å²) in [6, 6.07) is 0. The average molecular weight is 201 g/mol. The van der Waals surface area contributed by atoms with Crippen molar-refractivity contribution in [3.63, 3.8) is 0 Å².